The van der Waals surface area contributed by atoms with Crippen LogP contribution in [0.15, 0.2) is 12.2 Å². The van der Waals surface area contributed by atoms with Crippen LogP contribution in [0, 0.1) is 5.92 Å². The molecule has 1 heterocycles. The second-order valence-corrected chi connectivity index (χ2v) is 2.53. The van der Waals surface area contributed by atoms with Crippen LogP contribution in [0.25, 0.3) is 0 Å². The van der Waals surface area contributed by atoms with Crippen LogP contribution >= 0.6 is 0 Å². The van der Waals surface area contributed by atoms with Crippen molar-refractivity contribution in [2.24, 2.45) is 5.92 Å². The average Bonchev–Trinajstić information content (AvgIpc) is 2.31. The van der Waals surface area contributed by atoms with E-state index in [1.54, 1.807) is 0 Å². The molecule has 68 valence electrons. The Morgan fingerprint density at radius 3 is 2.50 bits per heavy atom. The fourth-order valence-corrected chi connectivity index (χ4v) is 1.01. The lowest BCUT2D eigenvalue weighted by Gasteiger charge is -2.12. The molecule has 1 rings (SSSR count). The summed E-state index contributed by atoms with van der Waals surface area (Å²) in [6, 6.07) is 0. The summed E-state index contributed by atoms with van der Waals surface area (Å²) in [5, 5.41) is 0. The molecule has 0 N–H and O–H groups in total. The molecule has 0 amide bonds. The predicted octanol–water partition coefficient (Wildman–Crippen LogP) is 1.67. The van der Waals surface area contributed by atoms with Crippen LogP contribution in [-0.4, -0.2) is 18.8 Å². The van der Waals surface area contributed by atoms with Gasteiger partial charge < -0.3 is 4.74 Å². The Labute approximate surface area is 67.0 Å². The minimum atomic E-state index is -4.49. The zero-order chi connectivity index (χ0) is 9.35. The lowest BCUT2D eigenvalue weighted by Crippen LogP contribution is -2.22. The van der Waals surface area contributed by atoms with Gasteiger partial charge in [-0.25, -0.2) is 0 Å². The zero-order valence-electron chi connectivity index (χ0n) is 6.15. The molecule has 12 heavy (non-hydrogen) atoms. The monoisotopic (exact) mass is 180 g/mol. The van der Waals surface area contributed by atoms with E-state index < -0.39 is 23.6 Å². The van der Waals surface area contributed by atoms with E-state index in [2.05, 4.69) is 11.3 Å². The number of cyclic esters (lactones) is 1. The van der Waals surface area contributed by atoms with Crippen LogP contribution in [0.3, 0.4) is 0 Å². The number of hydrogen-bond donors (Lipinski definition) is 0. The maximum absolute atomic E-state index is 12.0. The Bertz CT molecular complexity index is 219. The molecule has 1 fully saturated rings. The molecule has 1 unspecified atom stereocenters. The van der Waals surface area contributed by atoms with Gasteiger partial charge in [-0.15, -0.1) is 0 Å². The van der Waals surface area contributed by atoms with Crippen LogP contribution in [-0.2, 0) is 9.53 Å². The van der Waals surface area contributed by atoms with E-state index in [0.717, 1.165) is 0 Å². The molecule has 5 heteroatoms. The number of carbonyl (C=O) groups excluding carboxylic acids is 1. The van der Waals surface area contributed by atoms with Gasteiger partial charge in [0.25, 0.3) is 0 Å². The predicted molar refractivity (Wildman–Crippen MR) is 34.3 cm³/mol. The van der Waals surface area contributed by atoms with E-state index in [0.29, 0.717) is 0 Å². The van der Waals surface area contributed by atoms with Gasteiger partial charge in [0, 0.05) is 5.57 Å². The second-order valence-electron chi connectivity index (χ2n) is 2.53. The first-order valence-electron chi connectivity index (χ1n) is 3.35. The summed E-state index contributed by atoms with van der Waals surface area (Å²) in [6.07, 6.45) is -4.41. The largest absolute Gasteiger partial charge is 0.465 e. The zero-order valence-corrected chi connectivity index (χ0v) is 6.15. The fraction of sp³-hybridized carbons (Fsp3) is 0.571. The summed E-state index contributed by atoms with van der Waals surface area (Å²) < 4.78 is 40.3. The highest BCUT2D eigenvalue weighted by atomic mass is 19.4. The summed E-state index contributed by atoms with van der Waals surface area (Å²) in [5.74, 6) is -2.01. The SMILES string of the molecule is C=C(C1CCOC1=O)C(F)(F)F. The van der Waals surface area contributed by atoms with Gasteiger partial charge in [0.05, 0.1) is 12.5 Å². The maximum atomic E-state index is 12.0. The van der Waals surface area contributed by atoms with Crippen molar-refractivity contribution in [1.29, 1.82) is 0 Å². The summed E-state index contributed by atoms with van der Waals surface area (Å²) >= 11 is 0. The van der Waals surface area contributed by atoms with E-state index >= 15 is 0 Å². The standard InChI is InChI=1S/C7H7F3O2/c1-4(7(8,9)10)5-2-3-12-6(5)11/h5H,1-3H2. The highest BCUT2D eigenvalue weighted by Crippen LogP contribution is 2.34. The smallest absolute Gasteiger partial charge is 0.412 e. The highest BCUT2D eigenvalue weighted by molar-refractivity contribution is 5.77. The summed E-state index contributed by atoms with van der Waals surface area (Å²) in [6.45, 7) is 2.89. The molecule has 0 aliphatic carbocycles. The Hall–Kier alpha value is -1.00. The topological polar surface area (TPSA) is 26.3 Å². The molecular formula is C7H7F3O2. The van der Waals surface area contributed by atoms with E-state index in [-0.39, 0.29) is 13.0 Å². The first kappa shape index (κ1) is 9.09. The van der Waals surface area contributed by atoms with E-state index in [9.17, 15) is 18.0 Å². The summed E-state index contributed by atoms with van der Waals surface area (Å²) in [7, 11) is 0. The van der Waals surface area contributed by atoms with Crippen molar-refractivity contribution in [2.45, 2.75) is 12.6 Å². The van der Waals surface area contributed by atoms with E-state index in [1.807, 2.05) is 0 Å². The number of alkyl halides is 3. The normalized spacial score (nSPS) is 23.9. The fourth-order valence-electron chi connectivity index (χ4n) is 1.01. The van der Waals surface area contributed by atoms with Crippen LogP contribution in [0.5, 0.6) is 0 Å². The molecule has 0 saturated carbocycles. The van der Waals surface area contributed by atoms with Crippen molar-refractivity contribution in [3.05, 3.63) is 12.2 Å². The third kappa shape index (κ3) is 1.60. The van der Waals surface area contributed by atoms with E-state index in [1.165, 1.54) is 0 Å². The number of esters is 1. The number of rotatable bonds is 1. The van der Waals surface area contributed by atoms with Crippen LogP contribution in [0.1, 0.15) is 6.42 Å². The molecule has 0 bridgehead atoms. The van der Waals surface area contributed by atoms with Crippen molar-refractivity contribution in [2.75, 3.05) is 6.61 Å². The maximum Gasteiger partial charge on any atom is 0.412 e. The third-order valence-corrected chi connectivity index (χ3v) is 1.72. The quantitative estimate of drug-likeness (QED) is 0.453. The van der Waals surface area contributed by atoms with Gasteiger partial charge in [0.1, 0.15) is 0 Å². The van der Waals surface area contributed by atoms with Gasteiger partial charge in [-0.3, -0.25) is 4.79 Å². The van der Waals surface area contributed by atoms with Crippen molar-refractivity contribution >= 4 is 5.97 Å². The second kappa shape index (κ2) is 2.80. The summed E-state index contributed by atoms with van der Waals surface area (Å²) in [4.78, 5) is 10.7. The Balaban J connectivity index is 2.71. The van der Waals surface area contributed by atoms with Crippen LogP contribution < -0.4 is 0 Å². The van der Waals surface area contributed by atoms with Crippen LogP contribution in [0.2, 0.25) is 0 Å². The molecule has 0 aromatic heterocycles. The molecule has 0 aromatic carbocycles. The number of ether oxygens (including phenoxy) is 1. The number of hydrogen-bond acceptors (Lipinski definition) is 2. The Morgan fingerprint density at radius 1 is 1.58 bits per heavy atom. The highest BCUT2D eigenvalue weighted by Gasteiger charge is 2.42. The summed E-state index contributed by atoms with van der Waals surface area (Å²) in [5.41, 5.74) is -1.01. The molecule has 1 aliphatic rings. The number of halogens is 3. The van der Waals surface area contributed by atoms with Gasteiger partial charge in [-0.05, 0) is 6.42 Å². The van der Waals surface area contributed by atoms with Gasteiger partial charge >= 0.3 is 12.1 Å². The molecule has 1 saturated heterocycles. The molecule has 1 aliphatic heterocycles. The molecule has 0 spiro atoms. The molecular weight excluding hydrogens is 173 g/mol. The van der Waals surface area contributed by atoms with Crippen molar-refractivity contribution in [1.82, 2.24) is 0 Å². The number of carbonyl (C=O) groups is 1. The van der Waals surface area contributed by atoms with Gasteiger partial charge in [0.15, 0.2) is 0 Å². The van der Waals surface area contributed by atoms with Crippen molar-refractivity contribution in [3.63, 3.8) is 0 Å². The first-order valence-corrected chi connectivity index (χ1v) is 3.35. The molecule has 0 radical (unpaired) electrons. The minimum absolute atomic E-state index is 0.0542. The Kier molecular flexibility index (Phi) is 2.12. The lowest BCUT2D eigenvalue weighted by molar-refractivity contribution is -0.144. The van der Waals surface area contributed by atoms with E-state index in [4.69, 9.17) is 0 Å². The van der Waals surface area contributed by atoms with Crippen molar-refractivity contribution < 1.29 is 22.7 Å². The first-order chi connectivity index (χ1) is 5.43. The van der Waals surface area contributed by atoms with Gasteiger partial charge in [0.2, 0.25) is 0 Å². The molecule has 2 nitrogen and oxygen atoms in total. The molecule has 1 atom stereocenters. The Morgan fingerprint density at radius 2 is 2.17 bits per heavy atom. The molecule has 0 aromatic rings. The minimum Gasteiger partial charge on any atom is -0.465 e. The van der Waals surface area contributed by atoms with Crippen LogP contribution in [0.4, 0.5) is 13.2 Å². The lowest BCUT2D eigenvalue weighted by atomic mass is 9.99. The third-order valence-electron chi connectivity index (χ3n) is 1.72. The van der Waals surface area contributed by atoms with Gasteiger partial charge in [-0.1, -0.05) is 6.58 Å². The van der Waals surface area contributed by atoms with Crippen molar-refractivity contribution in [3.8, 4) is 0 Å². The van der Waals surface area contributed by atoms with Gasteiger partial charge in [-0.2, -0.15) is 13.2 Å². The average molecular weight is 180 g/mol.